The average molecular weight is 213 g/mol. The van der Waals surface area contributed by atoms with Crippen LogP contribution in [-0.4, -0.2) is 10.2 Å². The molecule has 0 amide bonds. The summed E-state index contributed by atoms with van der Waals surface area (Å²) in [5.41, 5.74) is 1.20. The molecule has 3 heteroatoms. The number of nitrogens with one attached hydrogen (secondary N) is 1. The number of hydrogen-bond acceptors (Lipinski definition) is 1. The molecule has 1 aromatic rings. The van der Waals surface area contributed by atoms with Crippen LogP contribution < -0.4 is 0 Å². The van der Waals surface area contributed by atoms with E-state index in [2.05, 4.69) is 24.0 Å². The Labute approximate surface area is 67.8 Å². The third-order valence-corrected chi connectivity index (χ3v) is 1.14. The van der Waals surface area contributed by atoms with E-state index in [4.69, 9.17) is 0 Å². The first-order valence-corrected chi connectivity index (χ1v) is 2.80. The minimum Gasteiger partial charge on any atom is -0.282 e. The van der Waals surface area contributed by atoms with Gasteiger partial charge < -0.3 is 0 Å². The molecule has 0 fully saturated rings. The van der Waals surface area contributed by atoms with Crippen molar-refractivity contribution in [1.82, 2.24) is 10.2 Å². The van der Waals surface area contributed by atoms with E-state index in [9.17, 15) is 0 Å². The molecule has 0 spiro atoms. The number of rotatable bonds is 1. The zero-order chi connectivity index (χ0) is 5.98. The number of nitrogens with zero attached hydrogens (tertiary/aromatic N) is 1. The van der Waals surface area contributed by atoms with Gasteiger partial charge in [-0.2, -0.15) is 5.10 Å². The summed E-state index contributed by atoms with van der Waals surface area (Å²) in [4.78, 5) is 0. The summed E-state index contributed by atoms with van der Waals surface area (Å²) in [6, 6.07) is 1.99. The van der Waals surface area contributed by atoms with Gasteiger partial charge in [-0.15, -0.1) is 0 Å². The molecule has 0 saturated carbocycles. The summed E-state index contributed by atoms with van der Waals surface area (Å²) in [7, 11) is 0. The van der Waals surface area contributed by atoms with Crippen molar-refractivity contribution in [3.63, 3.8) is 0 Å². The third-order valence-electron chi connectivity index (χ3n) is 1.14. The molecule has 0 aliphatic heterocycles. The molecule has 1 aromatic heterocycles. The third kappa shape index (κ3) is 2.27. The Morgan fingerprint density at radius 3 is 2.44 bits per heavy atom. The Morgan fingerprint density at radius 1 is 1.56 bits per heavy atom. The van der Waals surface area contributed by atoms with Crippen molar-refractivity contribution in [2.75, 3.05) is 0 Å². The maximum Gasteiger partial charge on any atom is 0.0490 e. The van der Waals surface area contributed by atoms with Crippen molar-refractivity contribution < 1.29 is 19.5 Å². The molecule has 0 saturated heterocycles. The van der Waals surface area contributed by atoms with Gasteiger partial charge in [0.15, 0.2) is 0 Å². The van der Waals surface area contributed by atoms with E-state index in [0.29, 0.717) is 5.92 Å². The Balaban J connectivity index is 0.000000640. The second-order valence-corrected chi connectivity index (χ2v) is 2.17. The molecule has 0 aromatic carbocycles. The summed E-state index contributed by atoms with van der Waals surface area (Å²) in [6.45, 7) is 4.26. The van der Waals surface area contributed by atoms with Crippen LogP contribution in [0.15, 0.2) is 12.3 Å². The van der Waals surface area contributed by atoms with E-state index < -0.39 is 0 Å². The Bertz CT molecular complexity index is 146. The molecule has 0 atom stereocenters. The van der Waals surface area contributed by atoms with Crippen LogP contribution >= 0.6 is 0 Å². The van der Waals surface area contributed by atoms with Gasteiger partial charge in [0, 0.05) is 31.4 Å². The first-order valence-electron chi connectivity index (χ1n) is 2.80. The van der Waals surface area contributed by atoms with Gasteiger partial charge in [0.05, 0.1) is 0 Å². The van der Waals surface area contributed by atoms with Crippen molar-refractivity contribution in [2.24, 2.45) is 0 Å². The zero-order valence-corrected chi connectivity index (χ0v) is 7.15. The number of aromatic nitrogens is 2. The van der Waals surface area contributed by atoms with Crippen LogP contribution in [-0.2, 0) is 19.5 Å². The maximum absolute atomic E-state index is 3.82. The summed E-state index contributed by atoms with van der Waals surface area (Å²) in [5, 5.41) is 6.70. The maximum atomic E-state index is 3.82. The van der Waals surface area contributed by atoms with Crippen LogP contribution in [0.4, 0.5) is 0 Å². The molecular formula is C6H10N2Rh. The molecule has 53 valence electrons. The normalized spacial score (nSPS) is 9.22. The minimum atomic E-state index is 0. The SMILES string of the molecule is CC(C)c1ccn[nH]1.[Rh]. The van der Waals surface area contributed by atoms with Crippen LogP contribution in [0, 0.1) is 0 Å². The van der Waals surface area contributed by atoms with Gasteiger partial charge >= 0.3 is 0 Å². The summed E-state index contributed by atoms with van der Waals surface area (Å²) in [6.07, 6.45) is 1.77. The van der Waals surface area contributed by atoms with E-state index in [0.717, 1.165) is 0 Å². The average Bonchev–Trinajstić information content (AvgIpc) is 2.12. The van der Waals surface area contributed by atoms with Gasteiger partial charge in [-0.1, -0.05) is 13.8 Å². The second kappa shape index (κ2) is 3.78. The first kappa shape index (κ1) is 8.83. The molecule has 9 heavy (non-hydrogen) atoms. The Hall–Kier alpha value is -0.167. The summed E-state index contributed by atoms with van der Waals surface area (Å²) in [5.74, 6) is 0.567. The molecule has 1 rings (SSSR count). The van der Waals surface area contributed by atoms with Gasteiger partial charge in [-0.25, -0.2) is 0 Å². The van der Waals surface area contributed by atoms with E-state index >= 15 is 0 Å². The Morgan fingerprint density at radius 2 is 2.22 bits per heavy atom. The van der Waals surface area contributed by atoms with Gasteiger partial charge in [0.1, 0.15) is 0 Å². The van der Waals surface area contributed by atoms with Crippen molar-refractivity contribution in [3.05, 3.63) is 18.0 Å². The van der Waals surface area contributed by atoms with E-state index in [1.807, 2.05) is 6.07 Å². The molecule has 0 bridgehead atoms. The number of H-pyrrole nitrogens is 1. The van der Waals surface area contributed by atoms with Gasteiger partial charge in [0.2, 0.25) is 0 Å². The molecule has 0 aliphatic rings. The minimum absolute atomic E-state index is 0. The van der Waals surface area contributed by atoms with Crippen LogP contribution in [0.5, 0.6) is 0 Å². The fourth-order valence-corrected chi connectivity index (χ4v) is 0.588. The molecular weight excluding hydrogens is 203 g/mol. The zero-order valence-electron chi connectivity index (χ0n) is 5.51. The van der Waals surface area contributed by atoms with Gasteiger partial charge in [-0.3, -0.25) is 5.10 Å². The monoisotopic (exact) mass is 213 g/mol. The van der Waals surface area contributed by atoms with Gasteiger partial charge in [0.25, 0.3) is 0 Å². The molecule has 0 aliphatic carbocycles. The second-order valence-electron chi connectivity index (χ2n) is 2.17. The number of hydrogen-bond donors (Lipinski definition) is 1. The van der Waals surface area contributed by atoms with Crippen molar-refractivity contribution in [3.8, 4) is 0 Å². The van der Waals surface area contributed by atoms with Crippen LogP contribution in [0.3, 0.4) is 0 Å². The fourth-order valence-electron chi connectivity index (χ4n) is 0.588. The van der Waals surface area contributed by atoms with E-state index in [-0.39, 0.29) is 19.5 Å². The largest absolute Gasteiger partial charge is 0.282 e. The molecule has 2 nitrogen and oxygen atoms in total. The topological polar surface area (TPSA) is 28.7 Å². The Kier molecular flexibility index (Phi) is 3.71. The van der Waals surface area contributed by atoms with Gasteiger partial charge in [-0.05, 0) is 12.0 Å². The van der Waals surface area contributed by atoms with Crippen LogP contribution in [0.1, 0.15) is 25.5 Å². The van der Waals surface area contributed by atoms with Crippen LogP contribution in [0.2, 0.25) is 0 Å². The summed E-state index contributed by atoms with van der Waals surface area (Å²) < 4.78 is 0. The fraction of sp³-hybridized carbons (Fsp3) is 0.500. The van der Waals surface area contributed by atoms with Crippen molar-refractivity contribution >= 4 is 0 Å². The van der Waals surface area contributed by atoms with Crippen molar-refractivity contribution in [2.45, 2.75) is 19.8 Å². The smallest absolute Gasteiger partial charge is 0.0490 e. The predicted octanol–water partition coefficient (Wildman–Crippen LogP) is 1.53. The summed E-state index contributed by atoms with van der Waals surface area (Å²) >= 11 is 0. The standard InChI is InChI=1S/C6H10N2.Rh/c1-5(2)6-3-4-7-8-6;/h3-5H,1-2H3,(H,7,8);. The van der Waals surface area contributed by atoms with Crippen molar-refractivity contribution in [1.29, 1.82) is 0 Å². The van der Waals surface area contributed by atoms with Crippen LogP contribution in [0.25, 0.3) is 0 Å². The van der Waals surface area contributed by atoms with E-state index in [1.165, 1.54) is 5.69 Å². The quantitative estimate of drug-likeness (QED) is 0.704. The first-order chi connectivity index (χ1) is 3.80. The predicted molar refractivity (Wildman–Crippen MR) is 32.7 cm³/mol. The molecule has 0 unspecified atom stereocenters. The molecule has 1 heterocycles. The van der Waals surface area contributed by atoms with E-state index in [1.54, 1.807) is 6.20 Å². The molecule has 1 radical (unpaired) electrons. The number of aromatic amines is 1. The molecule has 1 N–H and O–H groups in total.